The predicted molar refractivity (Wildman–Crippen MR) is 131 cm³/mol. The standard InChI is InChI=1S/C25H24N4O5S/c1-16-8-4-5-9-18(16)23-27-17(15-35-23)14-26-21(30)12-3-2-6-13-28-24(31)19-10-7-11-20(29(33)34)22(19)25(28)32/h4-5,7-11,15H,2-3,6,12-14H2,1H3,(H,26,30). The first-order valence-electron chi connectivity index (χ1n) is 11.3. The van der Waals surface area contributed by atoms with E-state index in [4.69, 9.17) is 0 Å². The number of nitrogens with zero attached hydrogens (tertiary/aromatic N) is 3. The maximum absolute atomic E-state index is 12.6. The van der Waals surface area contributed by atoms with Crippen LogP contribution in [0.3, 0.4) is 0 Å². The first-order chi connectivity index (χ1) is 16.9. The Morgan fingerprint density at radius 1 is 1.06 bits per heavy atom. The summed E-state index contributed by atoms with van der Waals surface area (Å²) in [5.41, 5.74) is 2.61. The average molecular weight is 493 g/mol. The Hall–Kier alpha value is -3.92. The number of amides is 3. The van der Waals surface area contributed by atoms with Gasteiger partial charge in [0.15, 0.2) is 0 Å². The van der Waals surface area contributed by atoms with Gasteiger partial charge in [0.2, 0.25) is 5.91 Å². The molecule has 2 heterocycles. The van der Waals surface area contributed by atoms with E-state index in [0.717, 1.165) is 26.7 Å². The van der Waals surface area contributed by atoms with Crippen LogP contribution in [-0.2, 0) is 11.3 Å². The maximum atomic E-state index is 12.6. The lowest BCUT2D eigenvalue weighted by molar-refractivity contribution is -0.385. The van der Waals surface area contributed by atoms with Crippen LogP contribution in [0.2, 0.25) is 0 Å². The van der Waals surface area contributed by atoms with E-state index in [2.05, 4.69) is 10.3 Å². The van der Waals surface area contributed by atoms with E-state index in [1.54, 1.807) is 11.3 Å². The van der Waals surface area contributed by atoms with Crippen LogP contribution >= 0.6 is 11.3 Å². The minimum atomic E-state index is -0.652. The number of nitrogens with one attached hydrogen (secondary N) is 1. The highest BCUT2D eigenvalue weighted by molar-refractivity contribution is 7.13. The SMILES string of the molecule is Cc1ccccc1-c1nc(CNC(=O)CCCCCN2C(=O)c3cccc([N+](=O)[O-])c3C2=O)cs1. The van der Waals surface area contributed by atoms with E-state index in [-0.39, 0.29) is 29.3 Å². The van der Waals surface area contributed by atoms with Gasteiger partial charge in [-0.2, -0.15) is 0 Å². The Bertz CT molecular complexity index is 1300. The van der Waals surface area contributed by atoms with Gasteiger partial charge in [0, 0.05) is 30.0 Å². The van der Waals surface area contributed by atoms with E-state index in [9.17, 15) is 24.5 Å². The fourth-order valence-corrected chi connectivity index (χ4v) is 4.92. The summed E-state index contributed by atoms with van der Waals surface area (Å²) >= 11 is 1.54. The van der Waals surface area contributed by atoms with Gasteiger partial charge in [0.25, 0.3) is 17.5 Å². The molecule has 9 nitrogen and oxygen atoms in total. The molecule has 0 unspecified atom stereocenters. The number of fused-ring (bicyclic) bond motifs is 1. The minimum absolute atomic E-state index is 0.0659. The number of benzene rings is 2. The van der Waals surface area contributed by atoms with Crippen LogP contribution in [0, 0.1) is 17.0 Å². The van der Waals surface area contributed by atoms with Gasteiger partial charge in [-0.25, -0.2) is 4.98 Å². The summed E-state index contributed by atoms with van der Waals surface area (Å²) in [5.74, 6) is -1.24. The Balaban J connectivity index is 1.19. The van der Waals surface area contributed by atoms with Gasteiger partial charge in [0.05, 0.1) is 22.7 Å². The number of thiazole rings is 1. The van der Waals surface area contributed by atoms with Gasteiger partial charge in [-0.1, -0.05) is 36.8 Å². The Labute approximate surface area is 205 Å². The molecule has 4 rings (SSSR count). The van der Waals surface area contributed by atoms with Crippen LogP contribution in [0.4, 0.5) is 5.69 Å². The molecule has 0 saturated carbocycles. The molecule has 1 aliphatic heterocycles. The first-order valence-corrected chi connectivity index (χ1v) is 12.2. The van der Waals surface area contributed by atoms with Crippen molar-refractivity contribution in [3.8, 4) is 10.6 Å². The van der Waals surface area contributed by atoms with Gasteiger partial charge < -0.3 is 5.32 Å². The highest BCUT2D eigenvalue weighted by atomic mass is 32.1. The summed E-state index contributed by atoms with van der Waals surface area (Å²) in [7, 11) is 0. The molecular weight excluding hydrogens is 468 g/mol. The Morgan fingerprint density at radius 2 is 1.83 bits per heavy atom. The van der Waals surface area contributed by atoms with Crippen molar-refractivity contribution in [2.45, 2.75) is 39.2 Å². The Kier molecular flexibility index (Phi) is 7.31. The van der Waals surface area contributed by atoms with Gasteiger partial charge in [0.1, 0.15) is 10.6 Å². The number of unbranched alkanes of at least 4 members (excludes halogenated alkanes) is 2. The number of carbonyl (C=O) groups is 3. The van der Waals surface area contributed by atoms with Gasteiger partial charge >= 0.3 is 0 Å². The molecule has 10 heteroatoms. The number of aromatic nitrogens is 1. The zero-order chi connectivity index (χ0) is 24.9. The van der Waals surface area contributed by atoms with Gasteiger partial charge in [-0.3, -0.25) is 29.4 Å². The molecule has 1 aliphatic rings. The third-order valence-electron chi connectivity index (χ3n) is 5.85. The third kappa shape index (κ3) is 5.27. The smallest absolute Gasteiger partial charge is 0.282 e. The molecule has 0 spiro atoms. The summed E-state index contributed by atoms with van der Waals surface area (Å²) < 4.78 is 0. The zero-order valence-electron chi connectivity index (χ0n) is 19.2. The molecule has 0 radical (unpaired) electrons. The molecule has 35 heavy (non-hydrogen) atoms. The van der Waals surface area contributed by atoms with E-state index in [1.807, 2.05) is 36.6 Å². The minimum Gasteiger partial charge on any atom is -0.350 e. The monoisotopic (exact) mass is 492 g/mol. The summed E-state index contributed by atoms with van der Waals surface area (Å²) in [6.07, 6.45) is 2.07. The molecule has 0 bridgehead atoms. The highest BCUT2D eigenvalue weighted by Crippen LogP contribution is 2.31. The second-order valence-electron chi connectivity index (χ2n) is 8.27. The van der Waals surface area contributed by atoms with Crippen molar-refractivity contribution < 1.29 is 19.3 Å². The Morgan fingerprint density at radius 3 is 2.60 bits per heavy atom. The number of nitro benzene ring substituents is 1. The number of hydrogen-bond acceptors (Lipinski definition) is 7. The maximum Gasteiger partial charge on any atom is 0.282 e. The summed E-state index contributed by atoms with van der Waals surface area (Å²) in [5, 5.41) is 16.9. The van der Waals surface area contributed by atoms with Crippen LogP contribution in [-0.4, -0.2) is 39.1 Å². The van der Waals surface area contributed by atoms with Crippen LogP contribution < -0.4 is 5.32 Å². The summed E-state index contributed by atoms with van der Waals surface area (Å²) in [6.45, 7) is 2.55. The van der Waals surface area contributed by atoms with Crippen molar-refractivity contribution in [1.82, 2.24) is 15.2 Å². The molecule has 0 aliphatic carbocycles. The number of aryl methyl sites for hydroxylation is 1. The van der Waals surface area contributed by atoms with Crippen molar-refractivity contribution in [2.24, 2.45) is 0 Å². The second-order valence-corrected chi connectivity index (χ2v) is 9.12. The van der Waals surface area contributed by atoms with Crippen LogP contribution in [0.25, 0.3) is 10.6 Å². The lowest BCUT2D eigenvalue weighted by Crippen LogP contribution is -2.30. The molecule has 3 aromatic rings. The van der Waals surface area contributed by atoms with Crippen molar-refractivity contribution in [2.75, 3.05) is 6.54 Å². The number of rotatable bonds is 10. The third-order valence-corrected chi connectivity index (χ3v) is 6.78. The molecule has 3 amide bonds. The molecule has 0 atom stereocenters. The van der Waals surface area contributed by atoms with E-state index in [1.165, 1.54) is 18.2 Å². The molecule has 1 aromatic heterocycles. The topological polar surface area (TPSA) is 123 Å². The zero-order valence-corrected chi connectivity index (χ0v) is 20.0. The van der Waals surface area contributed by atoms with E-state index >= 15 is 0 Å². The van der Waals surface area contributed by atoms with E-state index in [0.29, 0.717) is 32.2 Å². The molecule has 1 N–H and O–H groups in total. The fourth-order valence-electron chi connectivity index (χ4n) is 4.01. The summed E-state index contributed by atoms with van der Waals surface area (Å²) in [6, 6.07) is 12.1. The lowest BCUT2D eigenvalue weighted by Gasteiger charge is -2.13. The molecule has 2 aromatic carbocycles. The van der Waals surface area contributed by atoms with Crippen LogP contribution in [0.1, 0.15) is 57.7 Å². The number of imide groups is 1. The van der Waals surface area contributed by atoms with Crippen molar-refractivity contribution >= 4 is 34.7 Å². The summed E-state index contributed by atoms with van der Waals surface area (Å²) in [4.78, 5) is 53.5. The van der Waals surface area contributed by atoms with Crippen LogP contribution in [0.5, 0.6) is 0 Å². The predicted octanol–water partition coefficient (Wildman–Crippen LogP) is 4.50. The van der Waals surface area contributed by atoms with Gasteiger partial charge in [-0.15, -0.1) is 11.3 Å². The highest BCUT2D eigenvalue weighted by Gasteiger charge is 2.40. The first kappa shape index (κ1) is 24.2. The fraction of sp³-hybridized carbons (Fsp3) is 0.280. The van der Waals surface area contributed by atoms with Gasteiger partial charge in [-0.05, 0) is 31.4 Å². The molecule has 0 fully saturated rings. The van der Waals surface area contributed by atoms with E-state index < -0.39 is 16.7 Å². The number of hydrogen-bond donors (Lipinski definition) is 1. The average Bonchev–Trinajstić information content (AvgIpc) is 3.41. The van der Waals surface area contributed by atoms with Crippen molar-refractivity contribution in [3.05, 3.63) is 80.3 Å². The molecular formula is C25H24N4O5S. The van der Waals surface area contributed by atoms with Crippen LogP contribution in [0.15, 0.2) is 47.8 Å². The molecule has 180 valence electrons. The quantitative estimate of drug-likeness (QED) is 0.192. The number of carbonyl (C=O) groups excluding carboxylic acids is 3. The second kappa shape index (κ2) is 10.6. The lowest BCUT2D eigenvalue weighted by atomic mass is 10.1. The largest absolute Gasteiger partial charge is 0.350 e. The van der Waals surface area contributed by atoms with Crippen molar-refractivity contribution in [1.29, 1.82) is 0 Å². The molecule has 0 saturated heterocycles. The number of nitro groups is 1. The normalized spacial score (nSPS) is 12.7. The van der Waals surface area contributed by atoms with Crippen molar-refractivity contribution in [3.63, 3.8) is 0 Å².